The van der Waals surface area contributed by atoms with Crippen molar-refractivity contribution in [2.45, 2.75) is 13.0 Å². The lowest BCUT2D eigenvalue weighted by Crippen LogP contribution is -2.27. The van der Waals surface area contributed by atoms with Gasteiger partial charge >= 0.3 is 0 Å². The minimum atomic E-state index is 0. The van der Waals surface area contributed by atoms with E-state index in [0.717, 1.165) is 21.4 Å². The van der Waals surface area contributed by atoms with E-state index in [1.165, 1.54) is 0 Å². The molecule has 0 aliphatic carbocycles. The lowest BCUT2D eigenvalue weighted by Gasteiger charge is -2.23. The zero-order valence-electron chi connectivity index (χ0n) is 9.83. The Morgan fingerprint density at radius 3 is 2.65 bits per heavy atom. The first kappa shape index (κ1) is 17.8. The van der Waals surface area contributed by atoms with E-state index in [1.54, 1.807) is 11.8 Å². The summed E-state index contributed by atoms with van der Waals surface area (Å²) in [5, 5.41) is 5.03. The number of aliphatic imine (C=N–C) groups is 1. The molecule has 1 aromatic carbocycles. The Morgan fingerprint density at radius 1 is 1.41 bits per heavy atom. The summed E-state index contributed by atoms with van der Waals surface area (Å²) in [6.45, 7) is 2.09. The zero-order valence-corrected chi connectivity index (χ0v) is 15.9. The molecule has 0 saturated heterocycles. The van der Waals surface area contributed by atoms with Crippen molar-refractivity contribution >= 4 is 80.8 Å². The Hall–Kier alpha value is 0.790. The van der Waals surface area contributed by atoms with E-state index in [4.69, 9.17) is 11.6 Å². The van der Waals surface area contributed by atoms with Crippen molar-refractivity contribution in [3.8, 4) is 0 Å². The largest absolute Gasteiger partial charge is 0.358 e. The first-order chi connectivity index (χ1) is 7.72. The van der Waals surface area contributed by atoms with Crippen molar-refractivity contribution < 1.29 is 0 Å². The maximum Gasteiger partial charge on any atom is 0.161 e. The molecule has 1 N–H and O–H groups in total. The summed E-state index contributed by atoms with van der Waals surface area (Å²) in [4.78, 5) is 6.43. The lowest BCUT2D eigenvalue weighted by atomic mass is 10.1. The molecule has 0 saturated carbocycles. The summed E-state index contributed by atoms with van der Waals surface area (Å²) >= 11 is 9.88. The number of nitrogens with zero attached hydrogens (tertiary/aromatic N) is 1. The van der Waals surface area contributed by atoms with Crippen LogP contribution in [0.4, 0.5) is 5.69 Å². The van der Waals surface area contributed by atoms with Crippen LogP contribution in [-0.4, -0.2) is 16.4 Å². The highest BCUT2D eigenvalue weighted by Gasteiger charge is 2.19. The predicted molar refractivity (Wildman–Crippen MR) is 99.0 cm³/mol. The number of hydrogen-bond acceptors (Lipinski definition) is 3. The number of thioether (sulfide) groups is 1. The number of benzene rings is 1. The van der Waals surface area contributed by atoms with Gasteiger partial charge in [0.25, 0.3) is 0 Å². The molecule has 1 atom stereocenters. The van der Waals surface area contributed by atoms with E-state index in [0.29, 0.717) is 0 Å². The maximum absolute atomic E-state index is 6.11. The first-order valence-electron chi connectivity index (χ1n) is 4.78. The highest BCUT2D eigenvalue weighted by molar-refractivity contribution is 14.1. The van der Waals surface area contributed by atoms with Crippen molar-refractivity contribution in [2.75, 3.05) is 11.2 Å². The van der Waals surface area contributed by atoms with E-state index in [9.17, 15) is 0 Å². The van der Waals surface area contributed by atoms with Crippen LogP contribution in [0.15, 0.2) is 23.2 Å². The van der Waals surface area contributed by atoms with E-state index in [-0.39, 0.29) is 30.0 Å². The van der Waals surface area contributed by atoms with Gasteiger partial charge in [-0.15, -0.1) is 24.0 Å². The maximum atomic E-state index is 6.11. The molecule has 1 aliphatic heterocycles. The topological polar surface area (TPSA) is 24.4 Å². The molecule has 1 aromatic rings. The van der Waals surface area contributed by atoms with Crippen LogP contribution in [0.5, 0.6) is 0 Å². The second kappa shape index (κ2) is 8.82. The van der Waals surface area contributed by atoms with Crippen molar-refractivity contribution in [3.63, 3.8) is 0 Å². The molecule has 0 spiro atoms. The fourth-order valence-electron chi connectivity index (χ4n) is 1.56. The summed E-state index contributed by atoms with van der Waals surface area (Å²) in [5.41, 5.74) is 2.07. The SMILES string of the molecule is CI.CSC1=Nc2cccc(Cl)c2C(C)N1.I. The first-order valence-corrected chi connectivity index (χ1v) is 8.54. The van der Waals surface area contributed by atoms with Crippen molar-refractivity contribution in [2.24, 2.45) is 4.99 Å². The fraction of sp³-hybridized carbons (Fsp3) is 0.364. The quantitative estimate of drug-likeness (QED) is 0.403. The third kappa shape index (κ3) is 4.43. The van der Waals surface area contributed by atoms with Gasteiger partial charge in [0.2, 0.25) is 0 Å². The molecule has 0 fully saturated rings. The van der Waals surface area contributed by atoms with Gasteiger partial charge in [-0.25, -0.2) is 4.99 Å². The van der Waals surface area contributed by atoms with Gasteiger partial charge < -0.3 is 5.32 Å². The Morgan fingerprint density at radius 2 is 2.06 bits per heavy atom. The van der Waals surface area contributed by atoms with Crippen LogP contribution in [0.25, 0.3) is 0 Å². The van der Waals surface area contributed by atoms with Crippen molar-refractivity contribution in [1.82, 2.24) is 5.32 Å². The number of hydrogen-bond donors (Lipinski definition) is 1. The van der Waals surface area contributed by atoms with Crippen LogP contribution in [0.3, 0.4) is 0 Å². The number of rotatable bonds is 0. The van der Waals surface area contributed by atoms with E-state index < -0.39 is 0 Å². The molecule has 2 rings (SSSR count). The van der Waals surface area contributed by atoms with Gasteiger partial charge in [0.1, 0.15) is 0 Å². The number of halogens is 3. The molecule has 17 heavy (non-hydrogen) atoms. The second-order valence-electron chi connectivity index (χ2n) is 3.16. The molecule has 0 radical (unpaired) electrons. The molecule has 0 amide bonds. The third-order valence-corrected chi connectivity index (χ3v) is 3.14. The summed E-state index contributed by atoms with van der Waals surface area (Å²) in [6, 6.07) is 6.06. The van der Waals surface area contributed by atoms with Gasteiger partial charge in [-0.2, -0.15) is 0 Å². The lowest BCUT2D eigenvalue weighted by molar-refractivity contribution is 0.714. The molecule has 96 valence electrons. The molecule has 1 unspecified atom stereocenters. The van der Waals surface area contributed by atoms with E-state index in [2.05, 4.69) is 39.8 Å². The molecule has 0 bridgehead atoms. The number of nitrogens with one attached hydrogen (secondary N) is 1. The highest BCUT2D eigenvalue weighted by atomic mass is 127. The molecule has 6 heteroatoms. The predicted octanol–water partition coefficient (Wildman–Crippen LogP) is 5.02. The summed E-state index contributed by atoms with van der Waals surface area (Å²) in [7, 11) is 0. The monoisotopic (exact) mass is 496 g/mol. The number of alkyl halides is 1. The standard InChI is InChI=1S/C10H11ClN2S.CH3I.HI/c1-6-9-7(11)4-3-5-8(9)13-10(12-6)14-2;1-2;/h3-6H,1-2H3,(H,12,13);1H3;1H. The van der Waals surface area contributed by atoms with Crippen LogP contribution in [0, 0.1) is 0 Å². The molecular formula is C11H15ClI2N2S. The Labute approximate surface area is 143 Å². The van der Waals surface area contributed by atoms with Crippen molar-refractivity contribution in [1.29, 1.82) is 0 Å². The van der Waals surface area contributed by atoms with Crippen molar-refractivity contribution in [3.05, 3.63) is 28.8 Å². The Bertz CT molecular complexity index is 399. The van der Waals surface area contributed by atoms with Gasteiger partial charge in [0.05, 0.1) is 11.7 Å². The smallest absolute Gasteiger partial charge is 0.161 e. The van der Waals surface area contributed by atoms with Gasteiger partial charge in [0.15, 0.2) is 5.17 Å². The molecule has 0 aromatic heterocycles. The second-order valence-corrected chi connectivity index (χ2v) is 4.36. The molecule has 1 aliphatic rings. The van der Waals surface area contributed by atoms with Gasteiger partial charge in [-0.1, -0.05) is 52.0 Å². The number of amidine groups is 1. The summed E-state index contributed by atoms with van der Waals surface area (Å²) in [5.74, 6) is 0. The van der Waals surface area contributed by atoms with E-state index >= 15 is 0 Å². The fourth-order valence-corrected chi connectivity index (χ4v) is 2.37. The van der Waals surface area contributed by atoms with Crippen LogP contribution in [0.1, 0.15) is 18.5 Å². The van der Waals surface area contributed by atoms with Gasteiger partial charge in [0, 0.05) is 10.6 Å². The van der Waals surface area contributed by atoms with E-state index in [1.807, 2.05) is 29.4 Å². The normalized spacial score (nSPS) is 16.5. The van der Waals surface area contributed by atoms with Gasteiger partial charge in [-0.05, 0) is 30.2 Å². The highest BCUT2D eigenvalue weighted by Crippen LogP contribution is 2.35. The van der Waals surface area contributed by atoms with Gasteiger partial charge in [-0.3, -0.25) is 0 Å². The minimum Gasteiger partial charge on any atom is -0.358 e. The zero-order chi connectivity index (χ0) is 12.1. The van der Waals surface area contributed by atoms with Crippen LogP contribution < -0.4 is 5.32 Å². The average molecular weight is 497 g/mol. The third-order valence-electron chi connectivity index (χ3n) is 2.22. The summed E-state index contributed by atoms with van der Waals surface area (Å²) in [6.07, 6.45) is 2.01. The Kier molecular flexibility index (Phi) is 9.23. The van der Waals surface area contributed by atoms with Crippen LogP contribution in [0.2, 0.25) is 5.02 Å². The van der Waals surface area contributed by atoms with Crippen LogP contribution >= 0.6 is 69.9 Å². The minimum absolute atomic E-state index is 0. The molecule has 1 heterocycles. The number of fused-ring (bicyclic) bond motifs is 1. The summed E-state index contributed by atoms with van der Waals surface area (Å²) < 4.78 is 0. The average Bonchev–Trinajstić information content (AvgIpc) is 2.31. The molecular weight excluding hydrogens is 481 g/mol. The molecule has 2 nitrogen and oxygen atoms in total. The van der Waals surface area contributed by atoms with Crippen LogP contribution in [-0.2, 0) is 0 Å². The Balaban J connectivity index is 0.000000811.